The van der Waals surface area contributed by atoms with Gasteiger partial charge in [0.05, 0.1) is 21.8 Å². The van der Waals surface area contributed by atoms with Gasteiger partial charge in [0.25, 0.3) is 0 Å². The molecule has 2 aromatic carbocycles. The van der Waals surface area contributed by atoms with Crippen LogP contribution in [0.1, 0.15) is 73.0 Å². The molecule has 4 rings (SSSR count). The minimum absolute atomic E-state index is 0.327. The molecule has 2 bridgehead atoms. The third kappa shape index (κ3) is 3.73. The van der Waals surface area contributed by atoms with Gasteiger partial charge in [-0.25, -0.2) is 4.79 Å². The summed E-state index contributed by atoms with van der Waals surface area (Å²) in [5.41, 5.74) is 3.27. The molecule has 1 aliphatic carbocycles. The second kappa shape index (κ2) is 8.48. The van der Waals surface area contributed by atoms with E-state index in [1.54, 1.807) is 6.07 Å². The molecule has 0 amide bonds. The molecule has 1 aromatic heterocycles. The molecule has 3 nitrogen and oxygen atoms in total. The molecule has 1 heterocycles. The number of aryl methyl sites for hydroxylation is 2. The van der Waals surface area contributed by atoms with E-state index in [1.165, 1.54) is 38.5 Å². The lowest BCUT2D eigenvalue weighted by molar-refractivity contribution is 0.0699. The molecule has 3 aromatic rings. The van der Waals surface area contributed by atoms with Gasteiger partial charge in [0.15, 0.2) is 0 Å². The summed E-state index contributed by atoms with van der Waals surface area (Å²) in [6.07, 6.45) is 11.5. The van der Waals surface area contributed by atoms with E-state index in [0.717, 1.165) is 63.6 Å². The summed E-state index contributed by atoms with van der Waals surface area (Å²) in [7, 11) is 0. The van der Waals surface area contributed by atoms with Gasteiger partial charge in [0.1, 0.15) is 0 Å². The average Bonchev–Trinajstić information content (AvgIpc) is 2.71. The monoisotopic (exact) mass is 395 g/mol. The molecular formula is C24H26ClNO2. The Hall–Kier alpha value is -2.13. The number of rotatable bonds is 1. The summed E-state index contributed by atoms with van der Waals surface area (Å²) in [4.78, 5) is 16.9. The van der Waals surface area contributed by atoms with Gasteiger partial charge in [-0.3, -0.25) is 4.98 Å². The lowest BCUT2D eigenvalue weighted by Crippen LogP contribution is -2.03. The highest BCUT2D eigenvalue weighted by Crippen LogP contribution is 2.36. The van der Waals surface area contributed by atoms with Crippen LogP contribution in [0.4, 0.5) is 0 Å². The maximum Gasteiger partial charge on any atom is 0.336 e. The van der Waals surface area contributed by atoms with E-state index in [2.05, 4.69) is 0 Å². The number of hydrogen-bond donors (Lipinski definition) is 1. The fraction of sp³-hybridized carbons (Fsp3) is 0.417. The van der Waals surface area contributed by atoms with Crippen LogP contribution in [0.25, 0.3) is 21.7 Å². The van der Waals surface area contributed by atoms with Crippen LogP contribution in [0.3, 0.4) is 0 Å². The zero-order chi connectivity index (χ0) is 19.5. The molecule has 28 heavy (non-hydrogen) atoms. The fourth-order valence-electron chi connectivity index (χ4n) is 4.43. The summed E-state index contributed by atoms with van der Waals surface area (Å²) < 4.78 is 0. The van der Waals surface area contributed by atoms with Crippen LogP contribution >= 0.6 is 11.6 Å². The highest BCUT2D eigenvalue weighted by molar-refractivity contribution is 6.33. The number of carboxylic acids is 1. The molecule has 1 aliphatic rings. The molecular weight excluding hydrogens is 370 g/mol. The van der Waals surface area contributed by atoms with Crippen LogP contribution in [0.2, 0.25) is 5.02 Å². The van der Waals surface area contributed by atoms with E-state index < -0.39 is 5.97 Å². The number of carbonyl (C=O) groups is 1. The largest absolute Gasteiger partial charge is 0.478 e. The van der Waals surface area contributed by atoms with Gasteiger partial charge in [-0.1, -0.05) is 74.4 Å². The van der Waals surface area contributed by atoms with Crippen molar-refractivity contribution in [3.05, 3.63) is 52.2 Å². The molecule has 0 unspecified atom stereocenters. The molecule has 0 atom stereocenters. The molecule has 1 N–H and O–H groups in total. The zero-order valence-corrected chi connectivity index (χ0v) is 16.9. The van der Waals surface area contributed by atoms with Crippen molar-refractivity contribution in [2.24, 2.45) is 0 Å². The lowest BCUT2D eigenvalue weighted by atomic mass is 9.94. The molecule has 0 fully saturated rings. The van der Waals surface area contributed by atoms with Crippen LogP contribution in [-0.2, 0) is 12.8 Å². The van der Waals surface area contributed by atoms with Crippen molar-refractivity contribution in [3.63, 3.8) is 0 Å². The van der Waals surface area contributed by atoms with Gasteiger partial charge < -0.3 is 5.11 Å². The van der Waals surface area contributed by atoms with Crippen molar-refractivity contribution in [1.29, 1.82) is 0 Å². The number of fused-ring (bicyclic) bond motifs is 6. The van der Waals surface area contributed by atoms with E-state index in [4.69, 9.17) is 16.6 Å². The van der Waals surface area contributed by atoms with Crippen LogP contribution in [-0.4, -0.2) is 16.1 Å². The Morgan fingerprint density at radius 2 is 1.46 bits per heavy atom. The third-order valence-corrected chi connectivity index (χ3v) is 6.37. The summed E-state index contributed by atoms with van der Waals surface area (Å²) in [6, 6.07) is 9.47. The lowest BCUT2D eigenvalue weighted by Gasteiger charge is -2.16. The molecule has 0 radical (unpaired) electrons. The number of pyridine rings is 1. The number of aromatic carboxylic acids is 1. The Balaban J connectivity index is 1.96. The molecule has 0 spiro atoms. The Morgan fingerprint density at radius 1 is 0.857 bits per heavy atom. The first-order valence-electron chi connectivity index (χ1n) is 10.4. The SMILES string of the molecule is O=C(O)c1cc2c3c(Cl)c(nc2c2ccccc12)CCCCCCCCCC3. The fourth-order valence-corrected chi connectivity index (χ4v) is 4.76. The van der Waals surface area contributed by atoms with E-state index in [9.17, 15) is 9.90 Å². The van der Waals surface area contributed by atoms with E-state index in [0.29, 0.717) is 5.56 Å². The second-order valence-corrected chi connectivity index (χ2v) is 8.23. The molecule has 4 heteroatoms. The van der Waals surface area contributed by atoms with Gasteiger partial charge in [0, 0.05) is 10.8 Å². The number of hydrogen-bond acceptors (Lipinski definition) is 2. The van der Waals surface area contributed by atoms with Crippen molar-refractivity contribution in [2.75, 3.05) is 0 Å². The average molecular weight is 396 g/mol. The van der Waals surface area contributed by atoms with Crippen LogP contribution in [0, 0.1) is 0 Å². The highest BCUT2D eigenvalue weighted by Gasteiger charge is 2.19. The first-order chi connectivity index (χ1) is 13.7. The maximum atomic E-state index is 11.9. The van der Waals surface area contributed by atoms with Crippen molar-refractivity contribution in [1.82, 2.24) is 4.98 Å². The topological polar surface area (TPSA) is 50.2 Å². The van der Waals surface area contributed by atoms with Crippen LogP contribution < -0.4 is 0 Å². The third-order valence-electron chi connectivity index (χ3n) is 5.93. The van der Waals surface area contributed by atoms with Gasteiger partial charge in [0.2, 0.25) is 0 Å². The van der Waals surface area contributed by atoms with E-state index >= 15 is 0 Å². The number of nitrogens with zero attached hydrogens (tertiary/aromatic N) is 1. The first kappa shape index (κ1) is 19.2. The minimum Gasteiger partial charge on any atom is -0.478 e. The normalized spacial score (nSPS) is 16.3. The molecule has 146 valence electrons. The van der Waals surface area contributed by atoms with Gasteiger partial charge in [-0.2, -0.15) is 0 Å². The quantitative estimate of drug-likeness (QED) is 0.453. The Bertz CT molecular complexity index is 1030. The van der Waals surface area contributed by atoms with E-state index in [-0.39, 0.29) is 0 Å². The summed E-state index contributed by atoms with van der Waals surface area (Å²) in [6.45, 7) is 0. The van der Waals surface area contributed by atoms with Crippen molar-refractivity contribution < 1.29 is 9.90 Å². The smallest absolute Gasteiger partial charge is 0.336 e. The minimum atomic E-state index is -0.907. The predicted molar refractivity (Wildman–Crippen MR) is 116 cm³/mol. The van der Waals surface area contributed by atoms with Crippen molar-refractivity contribution >= 4 is 39.2 Å². The Morgan fingerprint density at radius 3 is 2.14 bits per heavy atom. The van der Waals surface area contributed by atoms with Crippen LogP contribution in [0.5, 0.6) is 0 Å². The number of carboxylic acid groups (broad SMARTS) is 1. The number of aromatic nitrogens is 1. The number of benzene rings is 2. The summed E-state index contributed by atoms with van der Waals surface area (Å²) in [5, 5.41) is 13.1. The Kier molecular flexibility index (Phi) is 5.82. The maximum absolute atomic E-state index is 11.9. The van der Waals surface area contributed by atoms with Crippen LogP contribution in [0.15, 0.2) is 30.3 Å². The molecule has 0 saturated carbocycles. The molecule has 0 saturated heterocycles. The summed E-state index contributed by atoms with van der Waals surface area (Å²) in [5.74, 6) is -0.907. The summed E-state index contributed by atoms with van der Waals surface area (Å²) >= 11 is 6.83. The second-order valence-electron chi connectivity index (χ2n) is 7.85. The predicted octanol–water partition coefficient (Wildman–Crippen LogP) is 6.96. The van der Waals surface area contributed by atoms with Gasteiger partial charge in [-0.15, -0.1) is 0 Å². The first-order valence-corrected chi connectivity index (χ1v) is 10.8. The van der Waals surface area contributed by atoms with Crippen molar-refractivity contribution in [3.8, 4) is 0 Å². The highest BCUT2D eigenvalue weighted by atomic mass is 35.5. The number of halogens is 1. The van der Waals surface area contributed by atoms with Crippen molar-refractivity contribution in [2.45, 2.75) is 64.2 Å². The standard InChI is InChI=1S/C24H26ClNO2/c25-22-17-12-7-5-3-1-2-4-6-8-14-21(22)26-23-18-13-10-9-11-16(18)20(24(27)28)15-19(17)23/h9-11,13,15H,1-8,12,14H2,(H,27,28). The zero-order valence-electron chi connectivity index (χ0n) is 16.1. The Labute approximate surface area is 170 Å². The molecule has 0 aliphatic heterocycles. The van der Waals surface area contributed by atoms with Gasteiger partial charge >= 0.3 is 5.97 Å². The van der Waals surface area contributed by atoms with Gasteiger partial charge in [-0.05, 0) is 42.7 Å². The van der Waals surface area contributed by atoms with E-state index in [1.807, 2.05) is 24.3 Å².